The first-order valence-electron chi connectivity index (χ1n) is 6.14. The number of imidazole rings is 1. The van der Waals surface area contributed by atoms with E-state index in [4.69, 9.17) is 11.6 Å². The van der Waals surface area contributed by atoms with Crippen molar-refractivity contribution < 1.29 is 0 Å². The largest absolute Gasteiger partial charge is 0.328 e. The molecule has 0 saturated carbocycles. The summed E-state index contributed by atoms with van der Waals surface area (Å²) in [6, 6.07) is 1.83. The number of hydrogen-bond donors (Lipinski definition) is 0. The van der Waals surface area contributed by atoms with Gasteiger partial charge in [-0.2, -0.15) is 0 Å². The molecule has 2 aromatic heterocycles. The highest BCUT2D eigenvalue weighted by atomic mass is 35.5. The van der Waals surface area contributed by atoms with Gasteiger partial charge in [-0.3, -0.25) is 0 Å². The van der Waals surface area contributed by atoms with E-state index in [0.717, 1.165) is 24.4 Å². The number of hydrogen-bond acceptors (Lipinski definition) is 3. The van der Waals surface area contributed by atoms with Gasteiger partial charge in [0.05, 0.1) is 12.5 Å². The molecule has 4 nitrogen and oxygen atoms in total. The highest BCUT2D eigenvalue weighted by Gasteiger charge is 2.10. The second kappa shape index (κ2) is 5.48. The van der Waals surface area contributed by atoms with Gasteiger partial charge in [0.25, 0.3) is 0 Å². The third kappa shape index (κ3) is 2.88. The Balaban J connectivity index is 2.42. The van der Waals surface area contributed by atoms with Crippen LogP contribution in [-0.2, 0) is 13.0 Å². The first kappa shape index (κ1) is 13.0. The van der Waals surface area contributed by atoms with Crippen molar-refractivity contribution in [1.29, 1.82) is 0 Å². The van der Waals surface area contributed by atoms with Crippen LogP contribution in [0, 0.1) is 5.92 Å². The second-order valence-corrected chi connectivity index (χ2v) is 5.06. The molecule has 0 radical (unpaired) electrons. The number of halogens is 1. The van der Waals surface area contributed by atoms with Crippen LogP contribution in [-0.4, -0.2) is 19.5 Å². The van der Waals surface area contributed by atoms with E-state index in [2.05, 4.69) is 35.7 Å². The molecule has 0 aliphatic rings. The molecule has 0 bridgehead atoms. The minimum Gasteiger partial charge on any atom is -0.328 e. The lowest BCUT2D eigenvalue weighted by atomic mass is 10.1. The number of rotatable bonds is 4. The first-order chi connectivity index (χ1) is 8.60. The van der Waals surface area contributed by atoms with Crippen molar-refractivity contribution in [2.75, 3.05) is 0 Å². The number of nitrogens with zero attached hydrogens (tertiary/aromatic N) is 4. The average molecular weight is 265 g/mol. The van der Waals surface area contributed by atoms with Crippen molar-refractivity contribution in [3.63, 3.8) is 0 Å². The van der Waals surface area contributed by atoms with Gasteiger partial charge in [-0.25, -0.2) is 15.0 Å². The maximum absolute atomic E-state index is 6.07. The maximum atomic E-state index is 6.07. The van der Waals surface area contributed by atoms with Crippen LogP contribution in [0.25, 0.3) is 11.5 Å². The normalized spacial score (nSPS) is 11.2. The van der Waals surface area contributed by atoms with Crippen LogP contribution in [0.3, 0.4) is 0 Å². The van der Waals surface area contributed by atoms with Crippen LogP contribution < -0.4 is 0 Å². The molecule has 96 valence electrons. The monoisotopic (exact) mass is 264 g/mol. The van der Waals surface area contributed by atoms with Crippen molar-refractivity contribution in [3.05, 3.63) is 29.4 Å². The van der Waals surface area contributed by atoms with Crippen LogP contribution in [0.1, 0.15) is 26.5 Å². The van der Waals surface area contributed by atoms with E-state index < -0.39 is 0 Å². The molecule has 0 N–H and O–H groups in total. The van der Waals surface area contributed by atoms with E-state index in [9.17, 15) is 0 Å². The summed E-state index contributed by atoms with van der Waals surface area (Å²) in [6.07, 6.45) is 4.45. The number of aryl methyl sites for hydroxylation is 1. The zero-order valence-corrected chi connectivity index (χ0v) is 11.6. The van der Waals surface area contributed by atoms with Crippen LogP contribution >= 0.6 is 11.6 Å². The molecular formula is C13H17ClN4. The Hall–Kier alpha value is -1.42. The fourth-order valence-corrected chi connectivity index (χ4v) is 2.07. The van der Waals surface area contributed by atoms with Gasteiger partial charge in [0.1, 0.15) is 10.8 Å². The molecule has 0 aliphatic heterocycles. The van der Waals surface area contributed by atoms with Crippen molar-refractivity contribution in [2.24, 2.45) is 5.92 Å². The molecule has 0 unspecified atom stereocenters. The summed E-state index contributed by atoms with van der Waals surface area (Å²) in [5.74, 6) is 1.19. The Morgan fingerprint density at radius 1 is 1.33 bits per heavy atom. The van der Waals surface area contributed by atoms with Gasteiger partial charge in [-0.1, -0.05) is 25.4 Å². The quantitative estimate of drug-likeness (QED) is 0.797. The third-order valence-electron chi connectivity index (χ3n) is 2.65. The highest BCUT2D eigenvalue weighted by molar-refractivity contribution is 6.29. The summed E-state index contributed by atoms with van der Waals surface area (Å²) in [6.45, 7) is 7.22. The minimum atomic E-state index is 0.486. The van der Waals surface area contributed by atoms with Gasteiger partial charge in [0, 0.05) is 12.2 Å². The molecule has 5 heteroatoms. The van der Waals surface area contributed by atoms with E-state index in [1.165, 1.54) is 0 Å². The molecule has 0 fully saturated rings. The lowest BCUT2D eigenvalue weighted by Crippen LogP contribution is -2.03. The van der Waals surface area contributed by atoms with E-state index >= 15 is 0 Å². The average Bonchev–Trinajstić information content (AvgIpc) is 2.75. The number of aromatic nitrogens is 4. The lowest BCUT2D eigenvalue weighted by Gasteiger charge is -2.08. The minimum absolute atomic E-state index is 0.486. The Morgan fingerprint density at radius 3 is 2.78 bits per heavy atom. The predicted molar refractivity (Wildman–Crippen MR) is 72.5 cm³/mol. The van der Waals surface area contributed by atoms with Gasteiger partial charge < -0.3 is 4.57 Å². The van der Waals surface area contributed by atoms with Crippen LogP contribution in [0.4, 0.5) is 0 Å². The van der Waals surface area contributed by atoms with Crippen LogP contribution in [0.2, 0.25) is 5.15 Å². The summed E-state index contributed by atoms with van der Waals surface area (Å²) in [4.78, 5) is 13.0. The van der Waals surface area contributed by atoms with Gasteiger partial charge in [0.15, 0.2) is 5.82 Å². The van der Waals surface area contributed by atoms with Crippen molar-refractivity contribution >= 4 is 11.6 Å². The molecule has 0 atom stereocenters. The zero-order valence-electron chi connectivity index (χ0n) is 10.9. The summed E-state index contributed by atoms with van der Waals surface area (Å²) in [7, 11) is 0. The molecule has 0 aliphatic carbocycles. The first-order valence-corrected chi connectivity index (χ1v) is 6.52. The second-order valence-electron chi connectivity index (χ2n) is 4.67. The molecule has 0 spiro atoms. The van der Waals surface area contributed by atoms with Crippen molar-refractivity contribution in [3.8, 4) is 11.5 Å². The van der Waals surface area contributed by atoms with E-state index in [0.29, 0.717) is 16.9 Å². The van der Waals surface area contributed by atoms with Crippen molar-refractivity contribution in [2.45, 2.75) is 33.7 Å². The van der Waals surface area contributed by atoms with E-state index in [1.54, 1.807) is 12.5 Å². The molecule has 18 heavy (non-hydrogen) atoms. The molecule has 0 saturated heterocycles. The van der Waals surface area contributed by atoms with Gasteiger partial charge in [0.2, 0.25) is 0 Å². The Kier molecular flexibility index (Phi) is 3.97. The highest BCUT2D eigenvalue weighted by Crippen LogP contribution is 2.19. The smallest absolute Gasteiger partial charge is 0.179 e. The molecule has 2 rings (SSSR count). The molecule has 0 aromatic carbocycles. The SMILES string of the molecule is CCn1cncc1-c1nc(Cl)cc(CC(C)C)n1. The van der Waals surface area contributed by atoms with E-state index in [-0.39, 0.29) is 0 Å². The Bertz CT molecular complexity index is 534. The summed E-state index contributed by atoms with van der Waals surface area (Å²) < 4.78 is 2.00. The third-order valence-corrected chi connectivity index (χ3v) is 2.84. The topological polar surface area (TPSA) is 43.6 Å². The maximum Gasteiger partial charge on any atom is 0.179 e. The van der Waals surface area contributed by atoms with Gasteiger partial charge >= 0.3 is 0 Å². The molecule has 2 heterocycles. The fraction of sp³-hybridized carbons (Fsp3) is 0.462. The predicted octanol–water partition coefficient (Wildman–Crippen LogP) is 3.21. The Labute approximate surface area is 112 Å². The molecular weight excluding hydrogens is 248 g/mol. The fourth-order valence-electron chi connectivity index (χ4n) is 1.86. The summed E-state index contributed by atoms with van der Waals surface area (Å²) in [5, 5.41) is 0.486. The Morgan fingerprint density at radius 2 is 2.11 bits per heavy atom. The molecule has 2 aromatic rings. The van der Waals surface area contributed by atoms with Crippen molar-refractivity contribution in [1.82, 2.24) is 19.5 Å². The van der Waals surface area contributed by atoms with Gasteiger partial charge in [-0.15, -0.1) is 0 Å². The summed E-state index contributed by atoms with van der Waals surface area (Å²) >= 11 is 6.07. The summed E-state index contributed by atoms with van der Waals surface area (Å²) in [5.41, 5.74) is 1.88. The zero-order chi connectivity index (χ0) is 13.1. The van der Waals surface area contributed by atoms with Crippen LogP contribution in [0.15, 0.2) is 18.6 Å². The van der Waals surface area contributed by atoms with E-state index in [1.807, 2.05) is 10.6 Å². The van der Waals surface area contributed by atoms with Crippen LogP contribution in [0.5, 0.6) is 0 Å². The van der Waals surface area contributed by atoms with Gasteiger partial charge in [-0.05, 0) is 25.3 Å². The molecule has 0 amide bonds. The lowest BCUT2D eigenvalue weighted by molar-refractivity contribution is 0.634. The standard InChI is InChI=1S/C13H17ClN4/c1-4-18-8-15-7-11(18)13-16-10(5-9(2)3)6-12(14)17-13/h6-9H,4-5H2,1-3H3.